The van der Waals surface area contributed by atoms with Crippen LogP contribution in [-0.2, 0) is 15.1 Å². The molecule has 0 spiro atoms. The molecular formula is C24H29NO4. The van der Waals surface area contributed by atoms with Crippen molar-refractivity contribution in [1.29, 1.82) is 0 Å². The van der Waals surface area contributed by atoms with Crippen LogP contribution in [0.3, 0.4) is 0 Å². The van der Waals surface area contributed by atoms with Crippen molar-refractivity contribution >= 4 is 17.7 Å². The van der Waals surface area contributed by atoms with E-state index in [1.807, 2.05) is 12.1 Å². The highest BCUT2D eigenvalue weighted by Crippen LogP contribution is 2.48. The number of fused-ring (bicyclic) bond motifs is 1. The quantitative estimate of drug-likeness (QED) is 0.676. The number of hydrogen-bond donors (Lipinski definition) is 3. The van der Waals surface area contributed by atoms with E-state index in [0.29, 0.717) is 22.7 Å². The van der Waals surface area contributed by atoms with Gasteiger partial charge in [-0.1, -0.05) is 62.8 Å². The summed E-state index contributed by atoms with van der Waals surface area (Å²) in [7, 11) is 1.38. The number of amides is 1. The number of aliphatic hydroxyl groups is 1. The van der Waals surface area contributed by atoms with Gasteiger partial charge >= 0.3 is 0 Å². The first-order valence-electron chi connectivity index (χ1n) is 10.00. The fourth-order valence-corrected chi connectivity index (χ4v) is 4.05. The van der Waals surface area contributed by atoms with Crippen LogP contribution in [0.25, 0.3) is 6.08 Å². The van der Waals surface area contributed by atoms with Crippen LogP contribution >= 0.6 is 0 Å². The average Bonchev–Trinajstić information content (AvgIpc) is 2.69. The molecule has 5 heteroatoms. The number of rotatable bonds is 6. The summed E-state index contributed by atoms with van der Waals surface area (Å²) in [5.74, 6) is -0.00640. The number of hydrogen-bond acceptors (Lipinski definition) is 4. The number of ether oxygens (including phenoxy) is 1. The third kappa shape index (κ3) is 3.80. The van der Waals surface area contributed by atoms with Crippen molar-refractivity contribution in [3.8, 4) is 5.75 Å². The van der Waals surface area contributed by atoms with Gasteiger partial charge in [0.1, 0.15) is 5.75 Å². The van der Waals surface area contributed by atoms with Crippen LogP contribution in [0.15, 0.2) is 48.0 Å². The summed E-state index contributed by atoms with van der Waals surface area (Å²) in [6, 6.07) is 12.3. The van der Waals surface area contributed by atoms with Gasteiger partial charge in [0.05, 0.1) is 11.3 Å². The number of aromatic hydroxyl groups is 1. The zero-order valence-corrected chi connectivity index (χ0v) is 17.4. The van der Waals surface area contributed by atoms with Crippen molar-refractivity contribution in [1.82, 2.24) is 0 Å². The second-order valence-corrected chi connectivity index (χ2v) is 7.92. The normalized spacial score (nSPS) is 21.8. The molecule has 1 aliphatic heterocycles. The van der Waals surface area contributed by atoms with Crippen LogP contribution in [0.1, 0.15) is 50.3 Å². The number of carbonyl (C=O) groups is 1. The molecule has 0 aromatic heterocycles. The molecule has 2 aromatic carbocycles. The third-order valence-electron chi connectivity index (χ3n) is 5.40. The van der Waals surface area contributed by atoms with Gasteiger partial charge in [-0.15, -0.1) is 0 Å². The molecule has 0 saturated carbocycles. The van der Waals surface area contributed by atoms with Crippen molar-refractivity contribution in [2.24, 2.45) is 5.92 Å². The van der Waals surface area contributed by atoms with E-state index in [1.54, 1.807) is 36.4 Å². The van der Waals surface area contributed by atoms with Gasteiger partial charge in [-0.3, -0.25) is 4.79 Å². The highest BCUT2D eigenvalue weighted by atomic mass is 16.5. The average molecular weight is 395 g/mol. The number of carbonyl (C=O) groups excluding carboxylic acids is 1. The molecule has 3 rings (SSSR count). The monoisotopic (exact) mass is 395 g/mol. The summed E-state index contributed by atoms with van der Waals surface area (Å²) in [5.41, 5.74) is 1.13. The van der Waals surface area contributed by atoms with Gasteiger partial charge < -0.3 is 20.3 Å². The molecule has 0 saturated heterocycles. The summed E-state index contributed by atoms with van der Waals surface area (Å²) >= 11 is 0. The fraction of sp³-hybridized carbons (Fsp3) is 0.375. The molecule has 2 unspecified atom stereocenters. The molecule has 29 heavy (non-hydrogen) atoms. The van der Waals surface area contributed by atoms with E-state index in [1.165, 1.54) is 12.7 Å². The molecule has 154 valence electrons. The fourth-order valence-electron chi connectivity index (χ4n) is 4.05. The van der Waals surface area contributed by atoms with Crippen molar-refractivity contribution in [3.63, 3.8) is 0 Å². The van der Waals surface area contributed by atoms with Crippen LogP contribution in [-0.4, -0.2) is 29.3 Å². The van der Waals surface area contributed by atoms with Crippen molar-refractivity contribution < 1.29 is 19.7 Å². The molecule has 2 atom stereocenters. The largest absolute Gasteiger partial charge is 0.507 e. The molecule has 2 aromatic rings. The molecule has 0 radical (unpaired) electrons. The molecule has 0 fully saturated rings. The molecule has 1 amide bonds. The Hall–Kier alpha value is -2.63. The van der Waals surface area contributed by atoms with Gasteiger partial charge in [0.2, 0.25) is 0 Å². The SMILES string of the molecule is CCC(=Cc1ccc2c(c1O)C(O)(c1ccccc1)C(OC)C(=O)N2)CC(C)C. The lowest BCUT2D eigenvalue weighted by Crippen LogP contribution is -2.52. The van der Waals surface area contributed by atoms with Gasteiger partial charge in [0.15, 0.2) is 11.7 Å². The lowest BCUT2D eigenvalue weighted by molar-refractivity contribution is -0.142. The van der Waals surface area contributed by atoms with E-state index < -0.39 is 17.6 Å². The standard InChI is InChI=1S/C24H29NO4/c1-5-16(13-15(2)3)14-17-11-12-19-20(21(17)26)24(28,18-9-7-6-8-10-18)22(29-4)23(27)25-19/h6-12,14-15,22,26,28H,5,13H2,1-4H3,(H,25,27). The zero-order chi connectivity index (χ0) is 21.2. The lowest BCUT2D eigenvalue weighted by atomic mass is 9.76. The molecule has 5 nitrogen and oxygen atoms in total. The summed E-state index contributed by atoms with van der Waals surface area (Å²) < 4.78 is 5.39. The number of allylic oxidation sites excluding steroid dienone is 1. The van der Waals surface area contributed by atoms with Crippen molar-refractivity contribution in [3.05, 3.63) is 64.7 Å². The Morgan fingerprint density at radius 3 is 2.52 bits per heavy atom. The van der Waals surface area contributed by atoms with E-state index in [0.717, 1.165) is 12.8 Å². The summed E-state index contributed by atoms with van der Waals surface area (Å²) in [4.78, 5) is 12.6. The Morgan fingerprint density at radius 1 is 1.24 bits per heavy atom. The van der Waals surface area contributed by atoms with Crippen LogP contribution in [0.2, 0.25) is 0 Å². The van der Waals surface area contributed by atoms with Crippen molar-refractivity contribution in [2.45, 2.75) is 45.3 Å². The van der Waals surface area contributed by atoms with Crippen LogP contribution < -0.4 is 5.32 Å². The third-order valence-corrected chi connectivity index (χ3v) is 5.40. The summed E-state index contributed by atoms with van der Waals surface area (Å²) in [6.07, 6.45) is 2.57. The van der Waals surface area contributed by atoms with Gasteiger partial charge in [0, 0.05) is 12.7 Å². The maximum Gasteiger partial charge on any atom is 0.257 e. The van der Waals surface area contributed by atoms with Gasteiger partial charge in [0.25, 0.3) is 5.91 Å². The second kappa shape index (κ2) is 8.39. The second-order valence-electron chi connectivity index (χ2n) is 7.92. The minimum atomic E-state index is -1.81. The van der Waals surface area contributed by atoms with Crippen LogP contribution in [0, 0.1) is 5.92 Å². The molecule has 0 bridgehead atoms. The van der Waals surface area contributed by atoms with Crippen LogP contribution in [0.4, 0.5) is 5.69 Å². The summed E-state index contributed by atoms with van der Waals surface area (Å²) in [5, 5.41) is 25.7. The van der Waals surface area contributed by atoms with E-state index in [9.17, 15) is 15.0 Å². The van der Waals surface area contributed by atoms with Crippen molar-refractivity contribution in [2.75, 3.05) is 12.4 Å². The first kappa shape index (κ1) is 21.1. The minimum absolute atomic E-state index is 0.0504. The predicted molar refractivity (Wildman–Crippen MR) is 115 cm³/mol. The summed E-state index contributed by atoms with van der Waals surface area (Å²) in [6.45, 7) is 6.40. The first-order valence-corrected chi connectivity index (χ1v) is 10.00. The van der Waals surface area contributed by atoms with E-state index in [-0.39, 0.29) is 11.3 Å². The number of benzene rings is 2. The maximum atomic E-state index is 12.6. The van der Waals surface area contributed by atoms with Gasteiger partial charge in [-0.2, -0.15) is 0 Å². The topological polar surface area (TPSA) is 78.8 Å². The van der Waals surface area contributed by atoms with E-state index >= 15 is 0 Å². The Kier molecular flexibility index (Phi) is 6.10. The lowest BCUT2D eigenvalue weighted by Gasteiger charge is -2.40. The first-order chi connectivity index (χ1) is 13.8. The van der Waals surface area contributed by atoms with Gasteiger partial charge in [-0.05, 0) is 36.5 Å². The number of phenols is 1. The Bertz CT molecular complexity index is 920. The van der Waals surface area contributed by atoms with Gasteiger partial charge in [-0.25, -0.2) is 0 Å². The Morgan fingerprint density at radius 2 is 1.93 bits per heavy atom. The highest BCUT2D eigenvalue weighted by Gasteiger charge is 2.51. The number of nitrogens with one attached hydrogen (secondary N) is 1. The molecular weight excluding hydrogens is 366 g/mol. The smallest absolute Gasteiger partial charge is 0.257 e. The Balaban J connectivity index is 2.24. The molecule has 0 aliphatic carbocycles. The predicted octanol–water partition coefficient (Wildman–Crippen LogP) is 4.43. The number of anilines is 1. The number of phenolic OH excluding ortho intramolecular Hbond substituents is 1. The maximum absolute atomic E-state index is 12.6. The van der Waals surface area contributed by atoms with E-state index in [4.69, 9.17) is 4.74 Å². The number of methoxy groups -OCH3 is 1. The Labute approximate surface area is 172 Å². The minimum Gasteiger partial charge on any atom is -0.507 e. The zero-order valence-electron chi connectivity index (χ0n) is 17.4. The molecule has 1 aliphatic rings. The van der Waals surface area contributed by atoms with E-state index in [2.05, 4.69) is 26.1 Å². The highest BCUT2D eigenvalue weighted by molar-refractivity contribution is 6.00. The molecule has 3 N–H and O–H groups in total. The van der Waals surface area contributed by atoms with Crippen LogP contribution in [0.5, 0.6) is 5.75 Å². The molecule has 1 heterocycles.